The summed E-state index contributed by atoms with van der Waals surface area (Å²) in [7, 11) is 3.19. The lowest BCUT2D eigenvalue weighted by Crippen LogP contribution is -2.31. The van der Waals surface area contributed by atoms with E-state index in [0.717, 1.165) is 24.0 Å². The van der Waals surface area contributed by atoms with E-state index in [-0.39, 0.29) is 11.2 Å². The Bertz CT molecular complexity index is 899. The third-order valence-electron chi connectivity index (χ3n) is 4.51. The summed E-state index contributed by atoms with van der Waals surface area (Å²) in [5.41, 5.74) is 1.90. The number of amides is 1. The van der Waals surface area contributed by atoms with Crippen LogP contribution in [0.3, 0.4) is 0 Å². The molecule has 1 aliphatic rings. The predicted molar refractivity (Wildman–Crippen MR) is 118 cm³/mol. The van der Waals surface area contributed by atoms with Gasteiger partial charge in [-0.25, -0.2) is 0 Å². The topological polar surface area (TPSA) is 63.5 Å². The van der Waals surface area contributed by atoms with Gasteiger partial charge in [0.05, 0.1) is 32.2 Å². The van der Waals surface area contributed by atoms with E-state index in [9.17, 15) is 4.79 Å². The molecule has 152 valence electrons. The Balaban J connectivity index is 1.80. The van der Waals surface area contributed by atoms with Gasteiger partial charge in [0.15, 0.2) is 16.7 Å². The molecule has 7 heteroatoms. The van der Waals surface area contributed by atoms with Crippen LogP contribution in [-0.2, 0) is 11.3 Å². The molecule has 0 spiro atoms. The summed E-state index contributed by atoms with van der Waals surface area (Å²) in [6.45, 7) is 2.58. The predicted octanol–water partition coefficient (Wildman–Crippen LogP) is 4.34. The molecule has 0 N–H and O–H groups in total. The first-order valence-electron chi connectivity index (χ1n) is 9.51. The number of benzene rings is 2. The molecule has 1 saturated heterocycles. The van der Waals surface area contributed by atoms with Crippen LogP contribution >= 0.6 is 11.8 Å². The molecule has 6 nitrogen and oxygen atoms in total. The molecular weight excluding hydrogens is 386 g/mol. The summed E-state index contributed by atoms with van der Waals surface area (Å²) in [4.78, 5) is 14.6. The Labute approximate surface area is 175 Å². The molecule has 2 aromatic rings. The van der Waals surface area contributed by atoms with Gasteiger partial charge in [-0.05, 0) is 35.7 Å². The molecule has 1 heterocycles. The van der Waals surface area contributed by atoms with Gasteiger partial charge in [0, 0.05) is 0 Å². The van der Waals surface area contributed by atoms with E-state index in [1.807, 2.05) is 48.5 Å². The van der Waals surface area contributed by atoms with Crippen LogP contribution < -0.4 is 9.47 Å². The number of amidine groups is 1. The van der Waals surface area contributed by atoms with Gasteiger partial charge in [0.2, 0.25) is 5.91 Å². The molecule has 1 amide bonds. The number of hydrogen-bond donors (Lipinski definition) is 0. The molecule has 1 atom stereocenters. The van der Waals surface area contributed by atoms with Crippen LogP contribution in [0.5, 0.6) is 11.5 Å². The molecule has 0 radical (unpaired) electrons. The van der Waals surface area contributed by atoms with Gasteiger partial charge < -0.3 is 9.47 Å². The van der Waals surface area contributed by atoms with Crippen molar-refractivity contribution in [1.29, 1.82) is 0 Å². The Hall–Kier alpha value is -2.80. The largest absolute Gasteiger partial charge is 0.493 e. The molecule has 0 aromatic heterocycles. The van der Waals surface area contributed by atoms with Gasteiger partial charge in [0.1, 0.15) is 0 Å². The zero-order valence-electron chi connectivity index (χ0n) is 16.9. The minimum absolute atomic E-state index is 0.0979. The van der Waals surface area contributed by atoms with E-state index in [0.29, 0.717) is 23.2 Å². The van der Waals surface area contributed by atoms with Crippen molar-refractivity contribution in [3.8, 4) is 11.5 Å². The summed E-state index contributed by atoms with van der Waals surface area (Å²) < 4.78 is 10.6. The van der Waals surface area contributed by atoms with Crippen molar-refractivity contribution in [2.45, 2.75) is 31.6 Å². The van der Waals surface area contributed by atoms with Gasteiger partial charge in [-0.1, -0.05) is 55.4 Å². The maximum Gasteiger partial charge on any atom is 0.242 e. The van der Waals surface area contributed by atoms with Crippen molar-refractivity contribution < 1.29 is 14.3 Å². The fourth-order valence-electron chi connectivity index (χ4n) is 3.02. The first-order valence-corrected chi connectivity index (χ1v) is 10.4. The molecule has 29 heavy (non-hydrogen) atoms. The number of nitrogens with zero attached hydrogens (tertiary/aromatic N) is 3. The zero-order valence-corrected chi connectivity index (χ0v) is 17.7. The van der Waals surface area contributed by atoms with Gasteiger partial charge in [0.25, 0.3) is 0 Å². The normalized spacial score (nSPS) is 18.0. The Kier molecular flexibility index (Phi) is 7.30. The van der Waals surface area contributed by atoms with Crippen LogP contribution in [0.2, 0.25) is 0 Å². The second-order valence-corrected chi connectivity index (χ2v) is 7.72. The highest BCUT2D eigenvalue weighted by Gasteiger charge is 2.37. The smallest absolute Gasteiger partial charge is 0.242 e. The zero-order chi connectivity index (χ0) is 20.6. The second kappa shape index (κ2) is 10.1. The standard InChI is InChI=1S/C22H25N3O3S/c1-4-8-20-21(26)25(15-16-9-6-5-7-10-16)22(29-20)24-23-14-17-11-12-18(27-2)19(13-17)28-3/h5-7,9-14,20H,4,8,15H2,1-3H3/b23-14-,24-22+/t20-/m0/s1. The second-order valence-electron chi connectivity index (χ2n) is 6.55. The molecule has 0 aliphatic carbocycles. The van der Waals surface area contributed by atoms with Crippen molar-refractivity contribution in [3.05, 3.63) is 59.7 Å². The van der Waals surface area contributed by atoms with Crippen LogP contribution in [0.15, 0.2) is 58.7 Å². The summed E-state index contributed by atoms with van der Waals surface area (Å²) in [6.07, 6.45) is 3.42. The van der Waals surface area contributed by atoms with E-state index in [2.05, 4.69) is 17.1 Å². The monoisotopic (exact) mass is 411 g/mol. The quantitative estimate of drug-likeness (QED) is 0.479. The molecule has 0 bridgehead atoms. The van der Waals surface area contributed by atoms with Crippen molar-refractivity contribution in [2.75, 3.05) is 14.2 Å². The van der Waals surface area contributed by atoms with E-state index in [1.54, 1.807) is 25.3 Å². The number of hydrogen-bond acceptors (Lipinski definition) is 6. The number of rotatable bonds is 8. The van der Waals surface area contributed by atoms with Gasteiger partial charge >= 0.3 is 0 Å². The van der Waals surface area contributed by atoms with Crippen LogP contribution in [0.1, 0.15) is 30.9 Å². The molecule has 0 unspecified atom stereocenters. The highest BCUT2D eigenvalue weighted by Crippen LogP contribution is 2.32. The Morgan fingerprint density at radius 3 is 2.55 bits per heavy atom. The van der Waals surface area contributed by atoms with Crippen LogP contribution in [0.4, 0.5) is 0 Å². The van der Waals surface area contributed by atoms with Gasteiger partial charge in [-0.15, -0.1) is 5.10 Å². The lowest BCUT2D eigenvalue weighted by atomic mass is 10.2. The van der Waals surface area contributed by atoms with Crippen LogP contribution in [0.25, 0.3) is 0 Å². The first-order chi connectivity index (χ1) is 14.2. The summed E-state index contributed by atoms with van der Waals surface area (Å²) in [5.74, 6) is 1.38. The molecule has 1 aliphatic heterocycles. The number of methoxy groups -OCH3 is 2. The maximum absolute atomic E-state index is 12.8. The van der Waals surface area contributed by atoms with Crippen LogP contribution in [0, 0.1) is 0 Å². The van der Waals surface area contributed by atoms with Crippen molar-refractivity contribution >= 4 is 29.1 Å². The molecular formula is C22H25N3O3S. The lowest BCUT2D eigenvalue weighted by Gasteiger charge is -2.15. The lowest BCUT2D eigenvalue weighted by molar-refractivity contribution is -0.126. The molecule has 2 aromatic carbocycles. The summed E-state index contributed by atoms with van der Waals surface area (Å²) in [5, 5.41) is 9.12. The van der Waals surface area contributed by atoms with Gasteiger partial charge in [-0.3, -0.25) is 9.69 Å². The maximum atomic E-state index is 12.8. The fourth-order valence-corrected chi connectivity index (χ4v) is 4.23. The Morgan fingerprint density at radius 1 is 1.10 bits per heavy atom. The highest BCUT2D eigenvalue weighted by atomic mass is 32.2. The average molecular weight is 412 g/mol. The number of ether oxygens (including phenoxy) is 2. The minimum Gasteiger partial charge on any atom is -0.493 e. The molecule has 0 saturated carbocycles. The minimum atomic E-state index is -0.0984. The van der Waals surface area contributed by atoms with E-state index in [1.165, 1.54) is 11.8 Å². The van der Waals surface area contributed by atoms with Gasteiger partial charge in [-0.2, -0.15) is 5.10 Å². The van der Waals surface area contributed by atoms with Crippen molar-refractivity contribution in [3.63, 3.8) is 0 Å². The SMILES string of the molecule is CCC[C@@H]1S/C(=N/N=C\c2ccc(OC)c(OC)c2)N(Cc2ccccc2)C1=O. The highest BCUT2D eigenvalue weighted by molar-refractivity contribution is 8.15. The van der Waals surface area contributed by atoms with Crippen molar-refractivity contribution in [2.24, 2.45) is 10.2 Å². The van der Waals surface area contributed by atoms with Crippen LogP contribution in [-0.4, -0.2) is 41.7 Å². The Morgan fingerprint density at radius 2 is 1.86 bits per heavy atom. The number of carbonyl (C=O) groups is 1. The number of carbonyl (C=O) groups excluding carboxylic acids is 1. The molecule has 3 rings (SSSR count). The fraction of sp³-hybridized carbons (Fsp3) is 0.318. The average Bonchev–Trinajstić information content (AvgIpc) is 3.03. The van der Waals surface area contributed by atoms with E-state index in [4.69, 9.17) is 9.47 Å². The third-order valence-corrected chi connectivity index (χ3v) is 5.75. The number of thioether (sulfide) groups is 1. The first kappa shape index (κ1) is 20.9. The summed E-state index contributed by atoms with van der Waals surface area (Å²) in [6, 6.07) is 15.5. The molecule has 1 fully saturated rings. The third kappa shape index (κ3) is 5.17. The van der Waals surface area contributed by atoms with E-state index >= 15 is 0 Å². The summed E-state index contributed by atoms with van der Waals surface area (Å²) >= 11 is 1.49. The van der Waals surface area contributed by atoms with Crippen molar-refractivity contribution in [1.82, 2.24) is 4.90 Å². The van der Waals surface area contributed by atoms with E-state index < -0.39 is 0 Å².